The molecule has 1 aliphatic heterocycles. The Hall–Kier alpha value is -2.86. The number of thiocarbonyl (C=S) groups is 1. The van der Waals surface area contributed by atoms with Gasteiger partial charge in [0, 0.05) is 5.56 Å². The number of fused-ring (bicyclic) bond motifs is 1. The van der Waals surface area contributed by atoms with Gasteiger partial charge in [0.25, 0.3) is 0 Å². The first-order chi connectivity index (χ1) is 12.2. The number of nitrogens with zero attached hydrogens (tertiary/aromatic N) is 2. The molecule has 6 heteroatoms. The molecule has 0 aliphatic carbocycles. The van der Waals surface area contributed by atoms with Crippen LogP contribution in [0.3, 0.4) is 0 Å². The number of aryl methyl sites for hydroxylation is 1. The second-order valence-electron chi connectivity index (χ2n) is 5.90. The summed E-state index contributed by atoms with van der Waals surface area (Å²) in [4.78, 5) is 0. The third kappa shape index (κ3) is 2.74. The van der Waals surface area contributed by atoms with E-state index in [-0.39, 0.29) is 6.04 Å². The van der Waals surface area contributed by atoms with Crippen molar-refractivity contribution in [1.82, 2.24) is 15.1 Å². The molecular formula is C19H18N4OS. The van der Waals surface area contributed by atoms with Crippen LogP contribution in [-0.2, 0) is 0 Å². The first-order valence-corrected chi connectivity index (χ1v) is 8.44. The van der Waals surface area contributed by atoms with Gasteiger partial charge in [-0.05, 0) is 49.0 Å². The van der Waals surface area contributed by atoms with Crippen LogP contribution in [0.2, 0.25) is 0 Å². The maximum Gasteiger partial charge on any atom is 0.172 e. The molecule has 0 saturated heterocycles. The average molecular weight is 350 g/mol. The number of rotatable bonds is 3. The Balaban J connectivity index is 1.83. The summed E-state index contributed by atoms with van der Waals surface area (Å²) in [5.41, 5.74) is 4.17. The lowest BCUT2D eigenvalue weighted by Crippen LogP contribution is -2.38. The number of anilines is 1. The van der Waals surface area contributed by atoms with Crippen LogP contribution < -0.4 is 15.4 Å². The first-order valence-electron chi connectivity index (χ1n) is 8.04. The van der Waals surface area contributed by atoms with E-state index in [1.165, 1.54) is 0 Å². The van der Waals surface area contributed by atoms with Crippen LogP contribution in [0, 0.1) is 6.92 Å². The minimum atomic E-state index is -0.0490. The summed E-state index contributed by atoms with van der Waals surface area (Å²) in [7, 11) is 1.67. The molecule has 2 aromatic carbocycles. The van der Waals surface area contributed by atoms with E-state index in [0.29, 0.717) is 5.11 Å². The summed E-state index contributed by atoms with van der Waals surface area (Å²) in [5.74, 6) is 1.74. The average Bonchev–Trinajstić information content (AvgIpc) is 2.98. The summed E-state index contributed by atoms with van der Waals surface area (Å²) in [6.07, 6.45) is 0. The topological polar surface area (TPSA) is 51.1 Å². The molecule has 0 fully saturated rings. The van der Waals surface area contributed by atoms with Crippen molar-refractivity contribution in [3.63, 3.8) is 0 Å². The molecule has 2 N–H and O–H groups in total. The summed E-state index contributed by atoms with van der Waals surface area (Å²) in [5, 5.41) is 11.9. The van der Waals surface area contributed by atoms with Gasteiger partial charge in [-0.2, -0.15) is 5.10 Å². The normalized spacial score (nSPS) is 15.9. The van der Waals surface area contributed by atoms with E-state index >= 15 is 0 Å². The molecule has 1 aliphatic rings. The van der Waals surface area contributed by atoms with Gasteiger partial charge < -0.3 is 15.4 Å². The summed E-state index contributed by atoms with van der Waals surface area (Å²) >= 11 is 5.44. The smallest absolute Gasteiger partial charge is 0.172 e. The molecule has 0 spiro atoms. The molecule has 0 saturated carbocycles. The van der Waals surface area contributed by atoms with Gasteiger partial charge in [0.2, 0.25) is 0 Å². The van der Waals surface area contributed by atoms with Crippen LogP contribution in [-0.4, -0.2) is 22.0 Å². The van der Waals surface area contributed by atoms with Gasteiger partial charge >= 0.3 is 0 Å². The van der Waals surface area contributed by atoms with E-state index in [1.54, 1.807) is 7.11 Å². The van der Waals surface area contributed by atoms with Crippen LogP contribution in [0.25, 0.3) is 5.69 Å². The molecule has 3 aromatic rings. The molecule has 2 heterocycles. The molecule has 1 atom stereocenters. The lowest BCUT2D eigenvalue weighted by Gasteiger charge is -2.28. The fourth-order valence-corrected chi connectivity index (χ4v) is 3.37. The van der Waals surface area contributed by atoms with Crippen molar-refractivity contribution >= 4 is 23.1 Å². The molecule has 4 rings (SSSR count). The van der Waals surface area contributed by atoms with Gasteiger partial charge in [-0.3, -0.25) is 0 Å². The molecule has 1 aromatic heterocycles. The monoisotopic (exact) mass is 350 g/mol. The van der Waals surface area contributed by atoms with Crippen molar-refractivity contribution in [3.8, 4) is 11.4 Å². The van der Waals surface area contributed by atoms with Crippen molar-refractivity contribution in [1.29, 1.82) is 0 Å². The molecule has 25 heavy (non-hydrogen) atoms. The fourth-order valence-electron chi connectivity index (χ4n) is 3.15. The van der Waals surface area contributed by atoms with Crippen molar-refractivity contribution in [2.75, 3.05) is 12.4 Å². The Bertz CT molecular complexity index is 919. The van der Waals surface area contributed by atoms with Crippen LogP contribution >= 0.6 is 12.2 Å². The zero-order valence-corrected chi connectivity index (χ0v) is 14.8. The minimum Gasteiger partial charge on any atom is -0.497 e. The molecule has 1 unspecified atom stereocenters. The number of methoxy groups -OCH3 is 1. The highest BCUT2D eigenvalue weighted by Gasteiger charge is 2.30. The predicted molar refractivity (Wildman–Crippen MR) is 102 cm³/mol. The SMILES string of the molecule is COc1ccc(C2NC(=S)Nc3c2c(C)nn3-c2ccccc2)cc1. The number of hydrogen-bond acceptors (Lipinski definition) is 3. The van der Waals surface area contributed by atoms with Crippen molar-refractivity contribution in [2.45, 2.75) is 13.0 Å². The number of nitrogens with one attached hydrogen (secondary N) is 2. The lowest BCUT2D eigenvalue weighted by atomic mass is 9.97. The van der Waals surface area contributed by atoms with Crippen molar-refractivity contribution in [3.05, 3.63) is 71.4 Å². The van der Waals surface area contributed by atoms with E-state index in [4.69, 9.17) is 22.1 Å². The number of hydrogen-bond donors (Lipinski definition) is 2. The van der Waals surface area contributed by atoms with Crippen molar-refractivity contribution in [2.24, 2.45) is 0 Å². The highest BCUT2D eigenvalue weighted by molar-refractivity contribution is 7.80. The molecular weight excluding hydrogens is 332 g/mol. The standard InChI is InChI=1S/C19H18N4OS/c1-12-16-17(13-8-10-15(24-2)11-9-13)20-19(25)21-18(16)23(22-12)14-6-4-3-5-7-14/h3-11,17H,1-2H3,(H2,20,21,25). The van der Waals surface area contributed by atoms with Crippen LogP contribution in [0.15, 0.2) is 54.6 Å². The van der Waals surface area contributed by atoms with Crippen LogP contribution in [0.1, 0.15) is 22.9 Å². The number of para-hydroxylation sites is 1. The highest BCUT2D eigenvalue weighted by atomic mass is 32.1. The largest absolute Gasteiger partial charge is 0.497 e. The Morgan fingerprint density at radius 1 is 1.08 bits per heavy atom. The summed E-state index contributed by atoms with van der Waals surface area (Å²) in [6.45, 7) is 2.02. The van der Waals surface area contributed by atoms with Gasteiger partial charge in [-0.25, -0.2) is 4.68 Å². The molecule has 0 amide bonds. The van der Waals surface area contributed by atoms with E-state index in [2.05, 4.69) is 10.6 Å². The van der Waals surface area contributed by atoms with E-state index in [0.717, 1.165) is 34.1 Å². The second kappa shape index (κ2) is 6.22. The maximum atomic E-state index is 5.44. The summed E-state index contributed by atoms with van der Waals surface area (Å²) in [6, 6.07) is 18.0. The van der Waals surface area contributed by atoms with E-state index < -0.39 is 0 Å². The maximum absolute atomic E-state index is 5.44. The molecule has 0 radical (unpaired) electrons. The number of benzene rings is 2. The van der Waals surface area contributed by atoms with Gasteiger partial charge in [-0.15, -0.1) is 0 Å². The third-order valence-corrected chi connectivity index (χ3v) is 4.57. The summed E-state index contributed by atoms with van der Waals surface area (Å²) < 4.78 is 7.17. The molecule has 126 valence electrons. The van der Waals surface area contributed by atoms with Gasteiger partial charge in [-0.1, -0.05) is 30.3 Å². The Kier molecular flexibility index (Phi) is 3.89. The quantitative estimate of drug-likeness (QED) is 0.707. The van der Waals surface area contributed by atoms with Gasteiger partial charge in [0.15, 0.2) is 5.11 Å². The van der Waals surface area contributed by atoms with Crippen molar-refractivity contribution < 1.29 is 4.74 Å². The zero-order chi connectivity index (χ0) is 17.4. The Morgan fingerprint density at radius 2 is 1.80 bits per heavy atom. The van der Waals surface area contributed by atoms with Gasteiger partial charge in [0.05, 0.1) is 24.5 Å². The molecule has 0 bridgehead atoms. The zero-order valence-electron chi connectivity index (χ0n) is 14.0. The highest BCUT2D eigenvalue weighted by Crippen LogP contribution is 2.36. The third-order valence-electron chi connectivity index (χ3n) is 4.35. The molecule has 5 nitrogen and oxygen atoms in total. The van der Waals surface area contributed by atoms with Gasteiger partial charge in [0.1, 0.15) is 11.6 Å². The van der Waals surface area contributed by atoms with Crippen LogP contribution in [0.4, 0.5) is 5.82 Å². The van der Waals surface area contributed by atoms with Crippen LogP contribution in [0.5, 0.6) is 5.75 Å². The minimum absolute atomic E-state index is 0.0490. The predicted octanol–water partition coefficient (Wildman–Crippen LogP) is 3.58. The fraction of sp³-hybridized carbons (Fsp3) is 0.158. The van der Waals surface area contributed by atoms with E-state index in [9.17, 15) is 0 Å². The lowest BCUT2D eigenvalue weighted by molar-refractivity contribution is 0.414. The number of aromatic nitrogens is 2. The first kappa shape index (κ1) is 15.7. The second-order valence-corrected chi connectivity index (χ2v) is 6.31. The van der Waals surface area contributed by atoms with E-state index in [1.807, 2.05) is 66.2 Å². The Morgan fingerprint density at radius 3 is 2.48 bits per heavy atom. The number of ether oxygens (including phenoxy) is 1. The Labute approximate surface area is 151 Å².